The van der Waals surface area contributed by atoms with Gasteiger partial charge in [-0.15, -0.1) is 0 Å². The average molecular weight is 564 g/mol. The Bertz CT molecular complexity index is 1180. The Hall–Kier alpha value is -2.64. The first-order chi connectivity index (χ1) is 18.9. The largest absolute Gasteiger partial charge is 0.417 e. The summed E-state index contributed by atoms with van der Waals surface area (Å²) in [6.45, 7) is 20.3. The third-order valence-corrected chi connectivity index (χ3v) is 12.4. The summed E-state index contributed by atoms with van der Waals surface area (Å²) in [5.74, 6) is -0.453. The van der Waals surface area contributed by atoms with Crippen molar-refractivity contribution in [1.82, 2.24) is 0 Å². The monoisotopic (exact) mass is 563 g/mol. The zero-order chi connectivity index (χ0) is 29.3. The van der Waals surface area contributed by atoms with E-state index in [9.17, 15) is 4.39 Å². The van der Waals surface area contributed by atoms with Crippen LogP contribution in [0.4, 0.5) is 4.39 Å². The number of hydrogen-bond donors (Lipinski definition) is 0. The van der Waals surface area contributed by atoms with Gasteiger partial charge in [0.25, 0.3) is 0 Å². The number of halogens is 1. The van der Waals surface area contributed by atoms with Crippen LogP contribution in [0.1, 0.15) is 65.0 Å². The molecule has 0 bridgehead atoms. The first kappa shape index (κ1) is 31.9. The Kier molecular flexibility index (Phi) is 11.4. The zero-order valence-electron chi connectivity index (χ0n) is 25.4. The van der Waals surface area contributed by atoms with Gasteiger partial charge in [-0.1, -0.05) is 88.0 Å². The second-order valence-corrected chi connectivity index (χ2v) is 16.6. The van der Waals surface area contributed by atoms with Gasteiger partial charge in [-0.25, -0.2) is 4.39 Å². The number of unbranched alkanes of at least 4 members (excludes halogenated alkanes) is 1. The lowest BCUT2D eigenvalue weighted by Gasteiger charge is -2.36. The Labute approximate surface area is 241 Å². The van der Waals surface area contributed by atoms with Crippen LogP contribution in [0.15, 0.2) is 100 Å². The summed E-state index contributed by atoms with van der Waals surface area (Å²) in [7, 11) is -1.82. The van der Waals surface area contributed by atoms with E-state index in [4.69, 9.17) is 18.9 Å². The van der Waals surface area contributed by atoms with Gasteiger partial charge >= 0.3 is 0 Å². The fraction of sp³-hybridized carbons (Fsp3) is 0.441. The third kappa shape index (κ3) is 8.43. The topological polar surface area (TPSA) is 40.0 Å². The molecule has 0 aromatic heterocycles. The highest BCUT2D eigenvalue weighted by Gasteiger charge is 2.36. The molecule has 216 valence electrons. The van der Waals surface area contributed by atoms with Crippen molar-refractivity contribution < 1.29 is 18.3 Å². The molecule has 1 heterocycles. The van der Waals surface area contributed by atoms with E-state index in [0.717, 1.165) is 46.5 Å². The van der Waals surface area contributed by atoms with Crippen molar-refractivity contribution in [3.63, 3.8) is 0 Å². The quantitative estimate of drug-likeness (QED) is 0.112. The molecule has 0 aliphatic carbocycles. The Balaban J connectivity index is 2.00. The van der Waals surface area contributed by atoms with E-state index in [0.29, 0.717) is 31.8 Å². The van der Waals surface area contributed by atoms with Gasteiger partial charge in [-0.3, -0.25) is 4.99 Å². The third-order valence-electron chi connectivity index (χ3n) is 7.90. The molecule has 1 aliphatic heterocycles. The van der Waals surface area contributed by atoms with E-state index in [1.54, 1.807) is 6.92 Å². The van der Waals surface area contributed by atoms with E-state index >= 15 is 0 Å². The highest BCUT2D eigenvalue weighted by atomic mass is 28.4. The van der Waals surface area contributed by atoms with E-state index < -0.39 is 20.4 Å². The molecule has 1 fully saturated rings. The van der Waals surface area contributed by atoms with Gasteiger partial charge < -0.3 is 13.9 Å². The van der Waals surface area contributed by atoms with Gasteiger partial charge in [0.15, 0.2) is 14.6 Å². The van der Waals surface area contributed by atoms with Crippen molar-refractivity contribution in [2.75, 3.05) is 19.8 Å². The van der Waals surface area contributed by atoms with Crippen LogP contribution in [0.25, 0.3) is 0 Å². The molecular formula is C34H46FNO3Si. The number of allylic oxidation sites excluding steroid dienone is 3. The van der Waals surface area contributed by atoms with Gasteiger partial charge in [-0.2, -0.15) is 0 Å². The second-order valence-electron chi connectivity index (χ2n) is 11.8. The van der Waals surface area contributed by atoms with Crippen molar-refractivity contribution in [1.29, 1.82) is 0 Å². The van der Waals surface area contributed by atoms with Gasteiger partial charge in [0.1, 0.15) is 5.83 Å². The molecule has 6 heteroatoms. The molecule has 0 saturated carbocycles. The van der Waals surface area contributed by atoms with Crippen LogP contribution in [0.5, 0.6) is 0 Å². The number of nitrogens with zero attached hydrogens (tertiary/aromatic N) is 1. The SMILES string of the molecule is C=C(F)/C(C)=C(CCCCO[Si](C)(C)C(C)(C)C)\C(=C(/C)N=C(c1ccccc1)c1ccccc1)C1OCCO1. The molecule has 0 unspecified atom stereocenters. The Morgan fingerprint density at radius 3 is 1.95 bits per heavy atom. The van der Waals surface area contributed by atoms with Crippen molar-refractivity contribution in [2.45, 2.75) is 78.3 Å². The summed E-state index contributed by atoms with van der Waals surface area (Å²) in [5.41, 5.74) is 5.71. The summed E-state index contributed by atoms with van der Waals surface area (Å²) in [6.07, 6.45) is 1.76. The van der Waals surface area contributed by atoms with Gasteiger partial charge in [0.2, 0.25) is 0 Å². The lowest BCUT2D eigenvalue weighted by atomic mass is 9.92. The van der Waals surface area contributed by atoms with Crippen LogP contribution < -0.4 is 0 Å². The summed E-state index contributed by atoms with van der Waals surface area (Å²) in [4.78, 5) is 5.16. The molecule has 1 aliphatic rings. The van der Waals surface area contributed by atoms with E-state index in [1.807, 2.05) is 43.3 Å². The number of aliphatic imine (C=N–C) groups is 1. The van der Waals surface area contributed by atoms with Crippen molar-refractivity contribution >= 4 is 14.0 Å². The van der Waals surface area contributed by atoms with E-state index in [1.165, 1.54) is 0 Å². The smallest absolute Gasteiger partial charge is 0.191 e. The standard InChI is InChI=1S/C34H46FNO3Si/c1-25(26(2)35)30(21-15-16-22-39-40(7,8)34(4,5)6)31(33-37-23-24-38-33)27(3)36-32(28-17-11-9-12-18-28)29-19-13-10-14-20-29/h9-14,17-20,33H,2,15-16,21-24H2,1,3-8H3/b30-25-,31-27-. The molecule has 0 atom stereocenters. The average Bonchev–Trinajstić information content (AvgIpc) is 3.45. The van der Waals surface area contributed by atoms with Crippen LogP contribution >= 0.6 is 0 Å². The molecule has 1 saturated heterocycles. The van der Waals surface area contributed by atoms with Crippen LogP contribution in [0.3, 0.4) is 0 Å². The summed E-state index contributed by atoms with van der Waals surface area (Å²) in [6, 6.07) is 20.2. The van der Waals surface area contributed by atoms with Gasteiger partial charge in [0, 0.05) is 29.0 Å². The lowest BCUT2D eigenvalue weighted by Crippen LogP contribution is -2.40. The number of hydrogen-bond acceptors (Lipinski definition) is 4. The lowest BCUT2D eigenvalue weighted by molar-refractivity contribution is -0.0105. The van der Waals surface area contributed by atoms with Crippen LogP contribution in [-0.4, -0.2) is 40.1 Å². The molecule has 0 N–H and O–H groups in total. The summed E-state index contributed by atoms with van der Waals surface area (Å²) >= 11 is 0. The molecule has 0 amide bonds. The minimum atomic E-state index is -1.82. The van der Waals surface area contributed by atoms with E-state index in [2.05, 4.69) is 64.7 Å². The maximum Gasteiger partial charge on any atom is 0.191 e. The zero-order valence-corrected chi connectivity index (χ0v) is 26.4. The van der Waals surface area contributed by atoms with Gasteiger partial charge in [0.05, 0.1) is 18.9 Å². The number of rotatable bonds is 12. The summed E-state index contributed by atoms with van der Waals surface area (Å²) in [5, 5.41) is 0.165. The number of benzene rings is 2. The minimum absolute atomic E-state index is 0.165. The number of ether oxygens (including phenoxy) is 2. The molecule has 4 nitrogen and oxygen atoms in total. The molecule has 2 aromatic rings. The summed E-state index contributed by atoms with van der Waals surface area (Å²) < 4.78 is 33.1. The first-order valence-corrected chi connectivity index (χ1v) is 17.2. The van der Waals surface area contributed by atoms with Crippen LogP contribution in [0, 0.1) is 0 Å². The second kappa shape index (κ2) is 14.3. The van der Waals surface area contributed by atoms with Crippen molar-refractivity contribution in [3.8, 4) is 0 Å². The van der Waals surface area contributed by atoms with Crippen molar-refractivity contribution in [3.05, 3.63) is 107 Å². The fourth-order valence-electron chi connectivity index (χ4n) is 4.41. The maximum absolute atomic E-state index is 14.7. The highest BCUT2D eigenvalue weighted by molar-refractivity contribution is 6.74. The van der Waals surface area contributed by atoms with Crippen LogP contribution in [0.2, 0.25) is 18.1 Å². The maximum atomic E-state index is 14.7. The highest BCUT2D eigenvalue weighted by Crippen LogP contribution is 2.37. The molecule has 3 rings (SSSR count). The fourth-order valence-corrected chi connectivity index (χ4v) is 5.50. The van der Waals surface area contributed by atoms with E-state index in [-0.39, 0.29) is 5.04 Å². The molecule has 0 spiro atoms. The normalized spacial score (nSPS) is 15.9. The van der Waals surface area contributed by atoms with Gasteiger partial charge in [-0.05, 0) is 62.4 Å². The minimum Gasteiger partial charge on any atom is -0.417 e. The Morgan fingerprint density at radius 1 is 0.950 bits per heavy atom. The Morgan fingerprint density at radius 2 is 1.48 bits per heavy atom. The predicted octanol–water partition coefficient (Wildman–Crippen LogP) is 9.16. The predicted molar refractivity (Wildman–Crippen MR) is 167 cm³/mol. The van der Waals surface area contributed by atoms with Crippen molar-refractivity contribution in [2.24, 2.45) is 4.99 Å². The first-order valence-electron chi connectivity index (χ1n) is 14.2. The molecule has 0 radical (unpaired) electrons. The molecule has 2 aromatic carbocycles. The molecular weight excluding hydrogens is 517 g/mol. The molecule has 40 heavy (non-hydrogen) atoms. The van der Waals surface area contributed by atoms with Crippen LogP contribution in [-0.2, 0) is 13.9 Å².